The number of hydrogen-bond donors (Lipinski definition) is 2. The van der Waals surface area contributed by atoms with Crippen LogP contribution in [0, 0.1) is 11.8 Å². The van der Waals surface area contributed by atoms with Gasteiger partial charge in [-0.25, -0.2) is 0 Å². The van der Waals surface area contributed by atoms with Crippen molar-refractivity contribution in [3.05, 3.63) is 23.7 Å². The Bertz CT molecular complexity index is 516. The van der Waals surface area contributed by atoms with Gasteiger partial charge in [-0.1, -0.05) is 13.8 Å². The minimum Gasteiger partial charge on any atom is -0.481 e. The summed E-state index contributed by atoms with van der Waals surface area (Å²) in [4.78, 5) is 23.7. The van der Waals surface area contributed by atoms with Crippen LogP contribution in [0.1, 0.15) is 48.7 Å². The minimum atomic E-state index is -0.879. The predicted molar refractivity (Wildman–Crippen MR) is 79.8 cm³/mol. The van der Waals surface area contributed by atoms with Gasteiger partial charge in [0.25, 0.3) is 5.91 Å². The number of carbonyl (C=O) groups excluding carboxylic acids is 1. The van der Waals surface area contributed by atoms with Crippen LogP contribution in [0.5, 0.6) is 0 Å². The monoisotopic (exact) mass is 309 g/mol. The number of furan rings is 1. The third-order valence-electron chi connectivity index (χ3n) is 4.16. The molecule has 0 aromatic carbocycles. The fraction of sp³-hybridized carbons (Fsp3) is 0.625. The summed E-state index contributed by atoms with van der Waals surface area (Å²) < 4.78 is 10.5. The van der Waals surface area contributed by atoms with E-state index >= 15 is 0 Å². The van der Waals surface area contributed by atoms with Crippen LogP contribution < -0.4 is 5.32 Å². The largest absolute Gasteiger partial charge is 0.481 e. The zero-order valence-electron chi connectivity index (χ0n) is 13.0. The number of nitrogens with one attached hydrogen (secondary N) is 1. The molecule has 1 unspecified atom stereocenters. The van der Waals surface area contributed by atoms with E-state index in [1.165, 1.54) is 6.26 Å². The van der Waals surface area contributed by atoms with Gasteiger partial charge in [0.1, 0.15) is 0 Å². The first-order valence-electron chi connectivity index (χ1n) is 7.66. The van der Waals surface area contributed by atoms with Gasteiger partial charge in [-0.3, -0.25) is 9.59 Å². The first kappa shape index (κ1) is 16.5. The lowest BCUT2D eigenvalue weighted by Crippen LogP contribution is -2.39. The highest BCUT2D eigenvalue weighted by Crippen LogP contribution is 2.24. The molecule has 6 nitrogen and oxygen atoms in total. The number of amides is 1. The van der Waals surface area contributed by atoms with E-state index in [2.05, 4.69) is 5.32 Å². The second-order valence-electron chi connectivity index (χ2n) is 5.96. The Hall–Kier alpha value is -1.82. The molecule has 6 heteroatoms. The van der Waals surface area contributed by atoms with Crippen LogP contribution in [0.4, 0.5) is 0 Å². The third-order valence-corrected chi connectivity index (χ3v) is 4.16. The van der Waals surface area contributed by atoms with Crippen LogP contribution in [-0.2, 0) is 9.53 Å². The molecule has 0 saturated carbocycles. The van der Waals surface area contributed by atoms with Gasteiger partial charge < -0.3 is 19.6 Å². The number of rotatable bonds is 6. The van der Waals surface area contributed by atoms with E-state index in [9.17, 15) is 14.7 Å². The number of ether oxygens (including phenoxy) is 1. The van der Waals surface area contributed by atoms with Crippen LogP contribution in [0.2, 0.25) is 0 Å². The summed E-state index contributed by atoms with van der Waals surface area (Å²) in [7, 11) is 0. The standard InChI is InChI=1S/C16H23NO5/c1-10(2)12-5-8-22-14(12)15(18)17-9-13(16(19)20)11-3-6-21-7-4-11/h5,8,10-11,13H,3-4,6-7,9H2,1-2H3,(H,17,18)(H,19,20). The molecule has 1 fully saturated rings. The van der Waals surface area contributed by atoms with Crippen molar-refractivity contribution in [2.24, 2.45) is 11.8 Å². The highest BCUT2D eigenvalue weighted by Gasteiger charge is 2.30. The van der Waals surface area contributed by atoms with Gasteiger partial charge in [-0.2, -0.15) is 0 Å². The molecule has 1 amide bonds. The highest BCUT2D eigenvalue weighted by molar-refractivity contribution is 5.93. The van der Waals surface area contributed by atoms with E-state index in [-0.39, 0.29) is 30.0 Å². The normalized spacial score (nSPS) is 17.4. The second-order valence-corrected chi connectivity index (χ2v) is 5.96. The van der Waals surface area contributed by atoms with Gasteiger partial charge >= 0.3 is 5.97 Å². The summed E-state index contributed by atoms with van der Waals surface area (Å²) in [6, 6.07) is 1.77. The maximum Gasteiger partial charge on any atom is 0.308 e. The Morgan fingerprint density at radius 3 is 2.64 bits per heavy atom. The van der Waals surface area contributed by atoms with E-state index in [1.807, 2.05) is 13.8 Å². The summed E-state index contributed by atoms with van der Waals surface area (Å²) in [5.41, 5.74) is 0.829. The number of carbonyl (C=O) groups is 2. The molecule has 1 saturated heterocycles. The molecular formula is C16H23NO5. The Balaban J connectivity index is 1.98. The lowest BCUT2D eigenvalue weighted by atomic mass is 9.86. The average Bonchev–Trinajstić information content (AvgIpc) is 2.97. The number of hydrogen-bond acceptors (Lipinski definition) is 4. The Morgan fingerprint density at radius 1 is 1.36 bits per heavy atom. The van der Waals surface area contributed by atoms with Crippen LogP contribution in [-0.4, -0.2) is 36.7 Å². The fourth-order valence-electron chi connectivity index (χ4n) is 2.82. The molecule has 1 aromatic heterocycles. The molecule has 0 aliphatic carbocycles. The SMILES string of the molecule is CC(C)c1ccoc1C(=O)NCC(C(=O)O)C1CCOCC1. The summed E-state index contributed by atoms with van der Waals surface area (Å²) in [5, 5.41) is 12.1. The van der Waals surface area contributed by atoms with Gasteiger partial charge in [0.05, 0.1) is 12.2 Å². The lowest BCUT2D eigenvalue weighted by Gasteiger charge is -2.27. The van der Waals surface area contributed by atoms with Crippen molar-refractivity contribution in [2.45, 2.75) is 32.6 Å². The molecule has 0 spiro atoms. The minimum absolute atomic E-state index is 0.0349. The molecule has 2 heterocycles. The highest BCUT2D eigenvalue weighted by atomic mass is 16.5. The molecule has 22 heavy (non-hydrogen) atoms. The van der Waals surface area contributed by atoms with E-state index in [0.29, 0.717) is 26.1 Å². The summed E-state index contributed by atoms with van der Waals surface area (Å²) in [6.07, 6.45) is 2.91. The van der Waals surface area contributed by atoms with E-state index < -0.39 is 11.9 Å². The average molecular weight is 309 g/mol. The summed E-state index contributed by atoms with van der Waals surface area (Å²) in [6.45, 7) is 5.22. The zero-order chi connectivity index (χ0) is 16.1. The Morgan fingerprint density at radius 2 is 2.05 bits per heavy atom. The molecule has 1 atom stereocenters. The van der Waals surface area contributed by atoms with Crippen LogP contribution in [0.25, 0.3) is 0 Å². The molecular weight excluding hydrogens is 286 g/mol. The zero-order valence-corrected chi connectivity index (χ0v) is 13.0. The smallest absolute Gasteiger partial charge is 0.308 e. The van der Waals surface area contributed by atoms with Crippen LogP contribution in [0.15, 0.2) is 16.7 Å². The fourth-order valence-corrected chi connectivity index (χ4v) is 2.82. The van der Waals surface area contributed by atoms with Gasteiger partial charge in [0, 0.05) is 25.3 Å². The van der Waals surface area contributed by atoms with Gasteiger partial charge in [0.15, 0.2) is 5.76 Å². The lowest BCUT2D eigenvalue weighted by molar-refractivity contribution is -0.144. The molecule has 0 radical (unpaired) electrons. The Kier molecular flexibility index (Phi) is 5.60. The molecule has 2 rings (SSSR count). The van der Waals surface area contributed by atoms with Crippen molar-refractivity contribution in [1.29, 1.82) is 0 Å². The topological polar surface area (TPSA) is 88.8 Å². The summed E-state index contributed by atoms with van der Waals surface area (Å²) >= 11 is 0. The Labute approximate surface area is 129 Å². The van der Waals surface area contributed by atoms with Crippen molar-refractivity contribution in [2.75, 3.05) is 19.8 Å². The van der Waals surface area contributed by atoms with Crippen molar-refractivity contribution in [3.63, 3.8) is 0 Å². The molecule has 1 aliphatic heterocycles. The molecule has 122 valence electrons. The van der Waals surface area contributed by atoms with Gasteiger partial charge in [-0.05, 0) is 30.7 Å². The van der Waals surface area contributed by atoms with Gasteiger partial charge in [-0.15, -0.1) is 0 Å². The van der Waals surface area contributed by atoms with Crippen molar-refractivity contribution >= 4 is 11.9 Å². The van der Waals surface area contributed by atoms with Crippen molar-refractivity contribution < 1.29 is 23.8 Å². The first-order chi connectivity index (χ1) is 10.5. The maximum atomic E-state index is 12.2. The van der Waals surface area contributed by atoms with Gasteiger partial charge in [0.2, 0.25) is 0 Å². The van der Waals surface area contributed by atoms with E-state index in [1.54, 1.807) is 6.07 Å². The number of carboxylic acid groups (broad SMARTS) is 1. The molecule has 2 N–H and O–H groups in total. The number of carboxylic acids is 1. The first-order valence-corrected chi connectivity index (χ1v) is 7.66. The van der Waals surface area contributed by atoms with Crippen molar-refractivity contribution in [1.82, 2.24) is 5.32 Å². The molecule has 1 aliphatic rings. The predicted octanol–water partition coefficient (Wildman–Crippen LogP) is 2.26. The second kappa shape index (κ2) is 7.45. The summed E-state index contributed by atoms with van der Waals surface area (Å²) in [5.74, 6) is -1.35. The third kappa shape index (κ3) is 3.88. The molecule has 0 bridgehead atoms. The van der Waals surface area contributed by atoms with Crippen molar-refractivity contribution in [3.8, 4) is 0 Å². The van der Waals surface area contributed by atoms with E-state index in [4.69, 9.17) is 9.15 Å². The maximum absolute atomic E-state index is 12.2. The number of aliphatic carboxylic acids is 1. The van der Waals surface area contributed by atoms with Crippen LogP contribution >= 0.6 is 0 Å². The van der Waals surface area contributed by atoms with Crippen LogP contribution in [0.3, 0.4) is 0 Å². The van der Waals surface area contributed by atoms with E-state index in [0.717, 1.165) is 5.56 Å². The quantitative estimate of drug-likeness (QED) is 0.841. The molecule has 1 aromatic rings.